The first-order chi connectivity index (χ1) is 14.9. The molecule has 0 aliphatic carbocycles. The molecule has 2 aromatic rings. The topological polar surface area (TPSA) is 98.8 Å². The molecular weight excluding hydrogens is 398 g/mol. The minimum Gasteiger partial charge on any atom is -0.494 e. The zero-order valence-electron chi connectivity index (χ0n) is 18.5. The Hall–Kier alpha value is -3.29. The zero-order valence-corrected chi connectivity index (χ0v) is 18.5. The van der Waals surface area contributed by atoms with Crippen molar-refractivity contribution in [3.05, 3.63) is 48.2 Å². The number of hydrogen-bond donors (Lipinski definition) is 2. The minimum absolute atomic E-state index is 0.206. The first-order valence-corrected chi connectivity index (χ1v) is 10.4. The van der Waals surface area contributed by atoms with Crippen molar-refractivity contribution in [2.45, 2.75) is 46.2 Å². The van der Waals surface area contributed by atoms with Crippen LogP contribution in [0.2, 0.25) is 0 Å². The number of carbonyl (C=O) groups excluding carboxylic acids is 2. The highest BCUT2D eigenvalue weighted by atomic mass is 16.5. The molecule has 1 aromatic heterocycles. The number of methoxy groups -OCH3 is 1. The van der Waals surface area contributed by atoms with Gasteiger partial charge >= 0.3 is 6.09 Å². The van der Waals surface area contributed by atoms with E-state index in [1.165, 1.54) is 7.11 Å². The van der Waals surface area contributed by atoms with E-state index in [0.29, 0.717) is 30.2 Å². The molecule has 1 atom stereocenters. The number of ether oxygens (including phenoxy) is 3. The van der Waals surface area contributed by atoms with Gasteiger partial charge in [0.05, 0.1) is 13.7 Å². The van der Waals surface area contributed by atoms with E-state index < -0.39 is 12.1 Å². The summed E-state index contributed by atoms with van der Waals surface area (Å²) in [7, 11) is 1.27. The van der Waals surface area contributed by atoms with Crippen molar-refractivity contribution in [1.82, 2.24) is 15.6 Å². The molecule has 0 bridgehead atoms. The van der Waals surface area contributed by atoms with Gasteiger partial charge in [-0.05, 0) is 49.1 Å². The third-order valence-electron chi connectivity index (χ3n) is 4.32. The van der Waals surface area contributed by atoms with Gasteiger partial charge in [0, 0.05) is 18.3 Å². The van der Waals surface area contributed by atoms with Crippen LogP contribution in [0, 0.1) is 5.92 Å². The predicted molar refractivity (Wildman–Crippen MR) is 117 cm³/mol. The van der Waals surface area contributed by atoms with Gasteiger partial charge in [-0.2, -0.15) is 0 Å². The number of alkyl carbamates (subject to hydrolysis) is 1. The summed E-state index contributed by atoms with van der Waals surface area (Å²) in [5.41, 5.74) is 0.712. The highest BCUT2D eigenvalue weighted by molar-refractivity contribution is 5.85. The quantitative estimate of drug-likeness (QED) is 0.559. The fraction of sp³-hybridized carbons (Fsp3) is 0.435. The number of hydrogen-bond acceptors (Lipinski definition) is 6. The lowest BCUT2D eigenvalue weighted by Gasteiger charge is -2.19. The van der Waals surface area contributed by atoms with Crippen LogP contribution in [0.1, 0.15) is 39.2 Å². The molecule has 2 N–H and O–H groups in total. The number of benzene rings is 1. The lowest BCUT2D eigenvalue weighted by atomic mass is 10.0. The molecule has 0 radical (unpaired) electrons. The number of nitrogens with one attached hydrogen (secondary N) is 2. The van der Waals surface area contributed by atoms with Crippen LogP contribution in [0.5, 0.6) is 17.4 Å². The van der Waals surface area contributed by atoms with E-state index in [0.717, 1.165) is 12.2 Å². The molecule has 2 amide bonds. The molecule has 0 saturated carbocycles. The number of pyridine rings is 1. The number of aromatic nitrogens is 1. The van der Waals surface area contributed by atoms with Gasteiger partial charge in [-0.15, -0.1) is 0 Å². The second kappa shape index (κ2) is 12.4. The average molecular weight is 430 g/mol. The SMILES string of the molecule is CCCOc1ccc(Oc2ncccc2CNC(=O)C(CC(C)C)NC(=O)OC)cc1. The highest BCUT2D eigenvalue weighted by Crippen LogP contribution is 2.25. The lowest BCUT2D eigenvalue weighted by Crippen LogP contribution is -2.47. The normalized spacial score (nSPS) is 11.5. The van der Waals surface area contributed by atoms with Crippen LogP contribution >= 0.6 is 0 Å². The fourth-order valence-corrected chi connectivity index (χ4v) is 2.80. The molecule has 168 valence electrons. The molecule has 1 aromatic carbocycles. The molecule has 0 fully saturated rings. The van der Waals surface area contributed by atoms with Crippen molar-refractivity contribution < 1.29 is 23.8 Å². The van der Waals surface area contributed by atoms with Gasteiger partial charge < -0.3 is 24.8 Å². The summed E-state index contributed by atoms with van der Waals surface area (Å²) in [6.07, 6.45) is 2.41. The van der Waals surface area contributed by atoms with Gasteiger partial charge in [0.1, 0.15) is 17.5 Å². The first-order valence-electron chi connectivity index (χ1n) is 10.4. The van der Waals surface area contributed by atoms with Crippen LogP contribution in [0.3, 0.4) is 0 Å². The van der Waals surface area contributed by atoms with Crippen LogP contribution in [0.25, 0.3) is 0 Å². The summed E-state index contributed by atoms with van der Waals surface area (Å²) >= 11 is 0. The van der Waals surface area contributed by atoms with Crippen molar-refractivity contribution in [1.29, 1.82) is 0 Å². The Labute approximate surface area is 183 Å². The Morgan fingerprint density at radius 3 is 2.45 bits per heavy atom. The minimum atomic E-state index is -0.691. The molecule has 0 aliphatic rings. The summed E-state index contributed by atoms with van der Waals surface area (Å²) in [6.45, 7) is 6.87. The van der Waals surface area contributed by atoms with E-state index in [1.54, 1.807) is 24.4 Å². The maximum atomic E-state index is 12.6. The number of rotatable bonds is 11. The summed E-state index contributed by atoms with van der Waals surface area (Å²) in [5.74, 6) is 1.70. The first kappa shape index (κ1) is 24.0. The Bertz CT molecular complexity index is 839. The largest absolute Gasteiger partial charge is 0.494 e. The Balaban J connectivity index is 2.02. The molecule has 0 spiro atoms. The van der Waals surface area contributed by atoms with E-state index in [9.17, 15) is 9.59 Å². The molecule has 2 rings (SSSR count). The average Bonchev–Trinajstić information content (AvgIpc) is 2.77. The van der Waals surface area contributed by atoms with E-state index in [1.807, 2.05) is 32.0 Å². The van der Waals surface area contributed by atoms with Crippen molar-refractivity contribution in [3.8, 4) is 17.4 Å². The van der Waals surface area contributed by atoms with Crippen molar-refractivity contribution in [3.63, 3.8) is 0 Å². The van der Waals surface area contributed by atoms with Gasteiger partial charge in [0.25, 0.3) is 0 Å². The van der Waals surface area contributed by atoms with Gasteiger partial charge in [-0.1, -0.05) is 26.8 Å². The van der Waals surface area contributed by atoms with Gasteiger partial charge in [0.15, 0.2) is 0 Å². The van der Waals surface area contributed by atoms with E-state index >= 15 is 0 Å². The predicted octanol–water partition coefficient (Wildman–Crippen LogP) is 4.05. The summed E-state index contributed by atoms with van der Waals surface area (Å²) < 4.78 is 16.1. The molecule has 1 heterocycles. The molecule has 0 aliphatic heterocycles. The van der Waals surface area contributed by atoms with Crippen LogP contribution in [0.15, 0.2) is 42.6 Å². The van der Waals surface area contributed by atoms with Crippen LogP contribution in [0.4, 0.5) is 4.79 Å². The van der Waals surface area contributed by atoms with E-state index in [4.69, 9.17) is 9.47 Å². The third kappa shape index (κ3) is 8.16. The molecule has 8 nitrogen and oxygen atoms in total. The number of carbonyl (C=O) groups is 2. The smallest absolute Gasteiger partial charge is 0.407 e. The molecule has 1 unspecified atom stereocenters. The van der Waals surface area contributed by atoms with Crippen molar-refractivity contribution >= 4 is 12.0 Å². The summed E-state index contributed by atoms with van der Waals surface area (Å²) in [6, 6.07) is 10.2. The number of nitrogens with zero attached hydrogens (tertiary/aromatic N) is 1. The summed E-state index contributed by atoms with van der Waals surface area (Å²) in [4.78, 5) is 28.5. The zero-order chi connectivity index (χ0) is 22.6. The van der Waals surface area contributed by atoms with E-state index in [-0.39, 0.29) is 18.4 Å². The monoisotopic (exact) mass is 429 g/mol. The van der Waals surface area contributed by atoms with E-state index in [2.05, 4.69) is 27.3 Å². The van der Waals surface area contributed by atoms with Gasteiger partial charge in [-0.25, -0.2) is 9.78 Å². The maximum Gasteiger partial charge on any atom is 0.407 e. The van der Waals surface area contributed by atoms with Crippen LogP contribution in [-0.2, 0) is 16.1 Å². The standard InChI is InChI=1S/C23H31N3O5/c1-5-13-30-18-8-10-19(11-9-18)31-22-17(7-6-12-24-22)15-25-21(27)20(14-16(2)3)26-23(28)29-4/h6-12,16,20H,5,13-15H2,1-4H3,(H,25,27)(H,26,28). The number of amides is 2. The summed E-state index contributed by atoms with van der Waals surface area (Å²) in [5, 5.41) is 5.42. The Morgan fingerprint density at radius 2 is 1.81 bits per heavy atom. The second-order valence-electron chi connectivity index (χ2n) is 7.43. The van der Waals surface area contributed by atoms with Crippen LogP contribution in [-0.4, -0.2) is 36.7 Å². The fourth-order valence-electron chi connectivity index (χ4n) is 2.80. The highest BCUT2D eigenvalue weighted by Gasteiger charge is 2.22. The third-order valence-corrected chi connectivity index (χ3v) is 4.32. The molecule has 8 heteroatoms. The lowest BCUT2D eigenvalue weighted by molar-refractivity contribution is -0.123. The van der Waals surface area contributed by atoms with Crippen molar-refractivity contribution in [2.24, 2.45) is 5.92 Å². The Morgan fingerprint density at radius 1 is 1.10 bits per heavy atom. The van der Waals surface area contributed by atoms with Gasteiger partial charge in [-0.3, -0.25) is 4.79 Å². The van der Waals surface area contributed by atoms with Crippen LogP contribution < -0.4 is 20.1 Å². The molecule has 0 saturated heterocycles. The molecule has 31 heavy (non-hydrogen) atoms. The Kier molecular flexibility index (Phi) is 9.61. The maximum absolute atomic E-state index is 12.6. The van der Waals surface area contributed by atoms with Gasteiger partial charge in [0.2, 0.25) is 11.8 Å². The molecular formula is C23H31N3O5. The van der Waals surface area contributed by atoms with Crippen molar-refractivity contribution in [2.75, 3.05) is 13.7 Å². The second-order valence-corrected chi connectivity index (χ2v) is 7.43.